The number of anilines is 1. The molecule has 0 amide bonds. The van der Waals surface area contributed by atoms with Gasteiger partial charge in [0.2, 0.25) is 0 Å². The van der Waals surface area contributed by atoms with Gasteiger partial charge in [-0.05, 0) is 53.6 Å². The van der Waals surface area contributed by atoms with E-state index in [0.717, 1.165) is 11.3 Å². The molecular formula is C33H21Cl2NO3. The van der Waals surface area contributed by atoms with Crippen molar-refractivity contribution in [3.8, 4) is 0 Å². The van der Waals surface area contributed by atoms with Gasteiger partial charge >= 0.3 is 0 Å². The average molecular weight is 550 g/mol. The first-order chi connectivity index (χ1) is 18.9. The zero-order chi connectivity index (χ0) is 26.9. The number of ketones is 3. The van der Waals surface area contributed by atoms with Gasteiger partial charge in [0.1, 0.15) is 11.5 Å². The summed E-state index contributed by atoms with van der Waals surface area (Å²) in [6.07, 6.45) is 3.86. The average Bonchev–Trinajstić information content (AvgIpc) is 3.39. The molecule has 4 aromatic carbocycles. The Morgan fingerprint density at radius 1 is 0.744 bits per heavy atom. The molecule has 3 aliphatic rings. The Balaban J connectivity index is 1.55. The van der Waals surface area contributed by atoms with E-state index in [1.54, 1.807) is 66.7 Å². The van der Waals surface area contributed by atoms with E-state index in [1.165, 1.54) is 0 Å². The SMILES string of the molecule is O=C(c1ccc(Cl)cc1)C1C(c2cccc(Cl)c2)C2(C(=O)c3ccccc3C2=O)C2C=Cc3ccccc3N12. The van der Waals surface area contributed by atoms with Crippen LogP contribution in [0.15, 0.2) is 103 Å². The number of halogens is 2. The van der Waals surface area contributed by atoms with Crippen LogP contribution in [0, 0.1) is 5.41 Å². The Labute approximate surface area is 235 Å². The highest BCUT2D eigenvalue weighted by atomic mass is 35.5. The summed E-state index contributed by atoms with van der Waals surface area (Å²) in [5.74, 6) is -1.52. The van der Waals surface area contributed by atoms with Gasteiger partial charge in [-0.15, -0.1) is 0 Å². The second-order valence-electron chi connectivity index (χ2n) is 10.2. The highest BCUT2D eigenvalue weighted by Crippen LogP contribution is 2.61. The summed E-state index contributed by atoms with van der Waals surface area (Å²) in [7, 11) is 0. The molecule has 0 N–H and O–H groups in total. The van der Waals surface area contributed by atoms with E-state index in [9.17, 15) is 14.4 Å². The maximum Gasteiger partial charge on any atom is 0.185 e. The third kappa shape index (κ3) is 3.28. The van der Waals surface area contributed by atoms with E-state index < -0.39 is 23.4 Å². The lowest BCUT2D eigenvalue weighted by Gasteiger charge is -2.37. The summed E-state index contributed by atoms with van der Waals surface area (Å²) in [4.78, 5) is 45.7. The Kier molecular flexibility index (Phi) is 5.41. The molecule has 3 unspecified atom stereocenters. The predicted molar refractivity (Wildman–Crippen MR) is 153 cm³/mol. The van der Waals surface area contributed by atoms with Gasteiger partial charge in [-0.25, -0.2) is 0 Å². The number of hydrogen-bond donors (Lipinski definition) is 0. The molecule has 2 aliphatic heterocycles. The monoisotopic (exact) mass is 549 g/mol. The highest BCUT2D eigenvalue weighted by Gasteiger charge is 2.71. The van der Waals surface area contributed by atoms with Crippen molar-refractivity contribution in [3.05, 3.63) is 141 Å². The second-order valence-corrected chi connectivity index (χ2v) is 11.1. The molecule has 1 spiro atoms. The van der Waals surface area contributed by atoms with Gasteiger partial charge in [0.05, 0.1) is 6.04 Å². The molecule has 4 nitrogen and oxygen atoms in total. The maximum absolute atomic E-state index is 14.6. The summed E-state index contributed by atoms with van der Waals surface area (Å²) in [6, 6.07) is 27.1. The highest BCUT2D eigenvalue weighted by molar-refractivity contribution is 6.33. The number of Topliss-reactive ketones (excluding diaryl/α,β-unsaturated/α-hetero) is 3. The lowest BCUT2D eigenvalue weighted by atomic mass is 9.64. The van der Waals surface area contributed by atoms with Crippen LogP contribution in [0.5, 0.6) is 0 Å². The molecule has 39 heavy (non-hydrogen) atoms. The molecule has 190 valence electrons. The molecule has 1 fully saturated rings. The van der Waals surface area contributed by atoms with Gasteiger partial charge in [-0.1, -0.05) is 90.0 Å². The summed E-state index contributed by atoms with van der Waals surface area (Å²) >= 11 is 12.6. The topological polar surface area (TPSA) is 54.5 Å². The van der Waals surface area contributed by atoms with Crippen LogP contribution in [0.2, 0.25) is 10.0 Å². The maximum atomic E-state index is 14.6. The molecule has 2 heterocycles. The Morgan fingerprint density at radius 2 is 1.41 bits per heavy atom. The van der Waals surface area contributed by atoms with E-state index in [-0.39, 0.29) is 17.3 Å². The van der Waals surface area contributed by atoms with Crippen molar-refractivity contribution in [2.24, 2.45) is 5.41 Å². The summed E-state index contributed by atoms with van der Waals surface area (Å²) < 4.78 is 0. The van der Waals surface area contributed by atoms with Crippen LogP contribution < -0.4 is 4.90 Å². The van der Waals surface area contributed by atoms with E-state index in [4.69, 9.17) is 23.2 Å². The lowest BCUT2D eigenvalue weighted by Crippen LogP contribution is -2.48. The van der Waals surface area contributed by atoms with Gasteiger partial charge < -0.3 is 4.90 Å². The molecule has 0 bridgehead atoms. The van der Waals surface area contributed by atoms with Crippen molar-refractivity contribution in [2.75, 3.05) is 4.90 Å². The van der Waals surface area contributed by atoms with Crippen LogP contribution in [-0.2, 0) is 0 Å². The molecule has 0 radical (unpaired) electrons. The van der Waals surface area contributed by atoms with Crippen LogP contribution in [0.3, 0.4) is 0 Å². The fourth-order valence-corrected chi connectivity index (χ4v) is 7.10. The van der Waals surface area contributed by atoms with Crippen molar-refractivity contribution >= 4 is 52.3 Å². The first kappa shape index (κ1) is 24.1. The zero-order valence-electron chi connectivity index (χ0n) is 20.6. The fourth-order valence-electron chi connectivity index (χ4n) is 6.78. The quantitative estimate of drug-likeness (QED) is 0.198. The van der Waals surface area contributed by atoms with Crippen molar-refractivity contribution in [2.45, 2.75) is 18.0 Å². The minimum atomic E-state index is -1.55. The minimum Gasteiger partial charge on any atom is -0.352 e. The standard InChI is InChI=1S/C33H21Cl2NO3/c34-22-15-12-20(13-16-22)30(37)29-28(21-7-5-8-23(35)18-21)33(31(38)24-9-2-3-10-25(24)32(33)39)27-17-14-19-6-1-4-11-26(19)36(27)29/h1-18,27-29H. The number of benzene rings is 4. The molecule has 1 saturated heterocycles. The number of fused-ring (bicyclic) bond motifs is 5. The van der Waals surface area contributed by atoms with E-state index >= 15 is 0 Å². The first-order valence-electron chi connectivity index (χ1n) is 12.7. The van der Waals surface area contributed by atoms with Gasteiger partial charge in [0.25, 0.3) is 0 Å². The molecule has 3 atom stereocenters. The Hall–Kier alpha value is -3.99. The number of carbonyl (C=O) groups excluding carboxylic acids is 3. The molecule has 6 heteroatoms. The molecule has 1 aliphatic carbocycles. The molecular weight excluding hydrogens is 529 g/mol. The summed E-state index contributed by atoms with van der Waals surface area (Å²) in [5, 5.41) is 0.984. The number of carbonyl (C=O) groups is 3. The lowest BCUT2D eigenvalue weighted by molar-refractivity contribution is 0.0666. The number of nitrogens with zero attached hydrogens (tertiary/aromatic N) is 1. The van der Waals surface area contributed by atoms with Crippen LogP contribution in [0.1, 0.15) is 48.1 Å². The van der Waals surface area contributed by atoms with Gasteiger partial charge in [-0.2, -0.15) is 0 Å². The zero-order valence-corrected chi connectivity index (χ0v) is 22.1. The van der Waals surface area contributed by atoms with Gasteiger partial charge in [0.15, 0.2) is 17.3 Å². The fraction of sp³-hybridized carbons (Fsp3) is 0.121. The normalized spacial score (nSPS) is 22.1. The van der Waals surface area contributed by atoms with Gasteiger partial charge in [0, 0.05) is 38.3 Å². The summed E-state index contributed by atoms with van der Waals surface area (Å²) in [6.45, 7) is 0. The molecule has 4 aromatic rings. The Bertz CT molecular complexity index is 1690. The van der Waals surface area contributed by atoms with Crippen LogP contribution in [0.4, 0.5) is 5.69 Å². The van der Waals surface area contributed by atoms with E-state index in [1.807, 2.05) is 47.4 Å². The van der Waals surface area contributed by atoms with E-state index in [2.05, 4.69) is 0 Å². The van der Waals surface area contributed by atoms with Crippen LogP contribution in [-0.4, -0.2) is 29.4 Å². The molecule has 0 saturated carbocycles. The van der Waals surface area contributed by atoms with Crippen LogP contribution >= 0.6 is 23.2 Å². The predicted octanol–water partition coefficient (Wildman–Crippen LogP) is 7.31. The van der Waals surface area contributed by atoms with Crippen molar-refractivity contribution in [1.82, 2.24) is 0 Å². The Morgan fingerprint density at radius 3 is 2.10 bits per heavy atom. The third-order valence-electron chi connectivity index (χ3n) is 8.32. The van der Waals surface area contributed by atoms with Crippen molar-refractivity contribution in [3.63, 3.8) is 0 Å². The van der Waals surface area contributed by atoms with Gasteiger partial charge in [-0.3, -0.25) is 14.4 Å². The van der Waals surface area contributed by atoms with Crippen molar-refractivity contribution in [1.29, 1.82) is 0 Å². The molecule has 7 rings (SSSR count). The molecule has 0 aromatic heterocycles. The smallest absolute Gasteiger partial charge is 0.185 e. The van der Waals surface area contributed by atoms with E-state index in [0.29, 0.717) is 32.3 Å². The number of para-hydroxylation sites is 1. The first-order valence-corrected chi connectivity index (χ1v) is 13.5. The van der Waals surface area contributed by atoms with Crippen molar-refractivity contribution < 1.29 is 14.4 Å². The minimum absolute atomic E-state index is 0.194. The third-order valence-corrected chi connectivity index (χ3v) is 8.81. The number of rotatable bonds is 3. The second kappa shape index (κ2) is 8.77. The van der Waals surface area contributed by atoms with Crippen LogP contribution in [0.25, 0.3) is 6.08 Å². The largest absolute Gasteiger partial charge is 0.352 e. The summed E-state index contributed by atoms with van der Waals surface area (Å²) in [5.41, 5.74) is 2.07. The number of hydrogen-bond acceptors (Lipinski definition) is 4.